The summed E-state index contributed by atoms with van der Waals surface area (Å²) in [5.74, 6) is 0. The number of carbonyl (C=O) groups is 1. The lowest BCUT2D eigenvalue weighted by molar-refractivity contribution is 0.0505. The molecule has 0 radical (unpaired) electrons. The molecule has 0 fully saturated rings. The van der Waals surface area contributed by atoms with Gasteiger partial charge in [-0.25, -0.2) is 4.79 Å². The van der Waals surface area contributed by atoms with Crippen LogP contribution in [0.5, 0.6) is 0 Å². The van der Waals surface area contributed by atoms with Gasteiger partial charge < -0.3 is 15.8 Å². The van der Waals surface area contributed by atoms with Crippen LogP contribution in [0.4, 0.5) is 4.79 Å². The third-order valence-corrected chi connectivity index (χ3v) is 2.88. The van der Waals surface area contributed by atoms with Crippen molar-refractivity contribution < 1.29 is 9.53 Å². The summed E-state index contributed by atoms with van der Waals surface area (Å²) in [5, 5.41) is 3.34. The van der Waals surface area contributed by atoms with E-state index in [0.717, 1.165) is 11.1 Å². The highest BCUT2D eigenvalue weighted by Crippen LogP contribution is 2.26. The van der Waals surface area contributed by atoms with Gasteiger partial charge in [-0.05, 0) is 44.9 Å². The maximum absolute atomic E-state index is 11.8. The molecule has 1 unspecified atom stereocenters. The molecule has 0 aliphatic heterocycles. The van der Waals surface area contributed by atoms with E-state index in [-0.39, 0.29) is 12.6 Å². The fourth-order valence-corrected chi connectivity index (χ4v) is 2.14. The van der Waals surface area contributed by atoms with Gasteiger partial charge in [0.15, 0.2) is 0 Å². The first-order chi connectivity index (χ1) is 8.74. The van der Waals surface area contributed by atoms with Crippen molar-refractivity contribution in [1.82, 2.24) is 5.32 Å². The Morgan fingerprint density at radius 2 is 2.11 bits per heavy atom. The number of halogens is 1. The van der Waals surface area contributed by atoms with Gasteiger partial charge in [0.25, 0.3) is 0 Å². The lowest BCUT2D eigenvalue weighted by Gasteiger charge is -2.24. The number of rotatable bonds is 3. The van der Waals surface area contributed by atoms with Crippen LogP contribution in [-0.4, -0.2) is 18.2 Å². The van der Waals surface area contributed by atoms with Gasteiger partial charge in [-0.3, -0.25) is 0 Å². The number of benzene rings is 1. The Labute approximate surface area is 119 Å². The van der Waals surface area contributed by atoms with Gasteiger partial charge in [0.1, 0.15) is 5.60 Å². The molecule has 4 nitrogen and oxygen atoms in total. The van der Waals surface area contributed by atoms with Gasteiger partial charge in [0.05, 0.1) is 6.04 Å². The number of nitrogens with one attached hydrogen (secondary N) is 1. The van der Waals surface area contributed by atoms with Crippen LogP contribution in [0.15, 0.2) is 18.2 Å². The minimum Gasteiger partial charge on any atom is -0.444 e. The standard InChI is InChI=1S/C14H21ClN2O2/c1-9-6-5-7-10(15)12(9)11(8-16)17-13(18)19-14(2,3)4/h5-7,11H,8,16H2,1-4H3,(H,17,18). The summed E-state index contributed by atoms with van der Waals surface area (Å²) >= 11 is 6.17. The number of hydrogen-bond acceptors (Lipinski definition) is 3. The molecular formula is C14H21ClN2O2. The Morgan fingerprint density at radius 1 is 1.47 bits per heavy atom. The van der Waals surface area contributed by atoms with Crippen LogP contribution < -0.4 is 11.1 Å². The molecule has 0 aliphatic rings. The normalized spacial score (nSPS) is 12.9. The first kappa shape index (κ1) is 15.8. The smallest absolute Gasteiger partial charge is 0.408 e. The maximum atomic E-state index is 11.8. The first-order valence-corrected chi connectivity index (χ1v) is 6.57. The van der Waals surface area contributed by atoms with Crippen molar-refractivity contribution in [1.29, 1.82) is 0 Å². The molecule has 5 heteroatoms. The molecule has 1 aromatic rings. The Balaban J connectivity index is 2.87. The number of hydrogen-bond donors (Lipinski definition) is 2. The summed E-state index contributed by atoms with van der Waals surface area (Å²) in [6.45, 7) is 7.62. The monoisotopic (exact) mass is 284 g/mol. The van der Waals surface area contributed by atoms with E-state index in [1.807, 2.05) is 39.8 Å². The second kappa shape index (κ2) is 6.26. The van der Waals surface area contributed by atoms with Crippen LogP contribution >= 0.6 is 11.6 Å². The van der Waals surface area contributed by atoms with Gasteiger partial charge in [0, 0.05) is 11.6 Å². The molecule has 1 rings (SSSR count). The Kier molecular flexibility index (Phi) is 5.20. The van der Waals surface area contributed by atoms with Crippen molar-refractivity contribution in [3.63, 3.8) is 0 Å². The average molecular weight is 285 g/mol. The fourth-order valence-electron chi connectivity index (χ4n) is 1.78. The lowest BCUT2D eigenvalue weighted by atomic mass is 10.0. The number of aryl methyl sites for hydroxylation is 1. The molecule has 0 saturated heterocycles. The van der Waals surface area contributed by atoms with Gasteiger partial charge in [-0.15, -0.1) is 0 Å². The molecule has 1 atom stereocenters. The van der Waals surface area contributed by atoms with Crippen LogP contribution in [-0.2, 0) is 4.74 Å². The molecule has 19 heavy (non-hydrogen) atoms. The van der Waals surface area contributed by atoms with Crippen molar-refractivity contribution in [3.8, 4) is 0 Å². The average Bonchev–Trinajstić information content (AvgIpc) is 2.24. The first-order valence-electron chi connectivity index (χ1n) is 6.19. The zero-order valence-electron chi connectivity index (χ0n) is 11.8. The maximum Gasteiger partial charge on any atom is 0.408 e. The Hall–Kier alpha value is -1.26. The van der Waals surface area contributed by atoms with Gasteiger partial charge in [-0.1, -0.05) is 23.7 Å². The summed E-state index contributed by atoms with van der Waals surface area (Å²) < 4.78 is 5.22. The van der Waals surface area contributed by atoms with Gasteiger partial charge in [-0.2, -0.15) is 0 Å². The zero-order chi connectivity index (χ0) is 14.6. The molecule has 0 aromatic heterocycles. The SMILES string of the molecule is Cc1cccc(Cl)c1C(CN)NC(=O)OC(C)(C)C. The van der Waals surface area contributed by atoms with E-state index >= 15 is 0 Å². The van der Waals surface area contributed by atoms with Crippen LogP contribution in [0.25, 0.3) is 0 Å². The van der Waals surface area contributed by atoms with Crippen LogP contribution in [0.3, 0.4) is 0 Å². The highest BCUT2D eigenvalue weighted by molar-refractivity contribution is 6.31. The zero-order valence-corrected chi connectivity index (χ0v) is 12.5. The predicted octanol–water partition coefficient (Wildman–Crippen LogP) is 3.17. The predicted molar refractivity (Wildman–Crippen MR) is 77.4 cm³/mol. The summed E-state index contributed by atoms with van der Waals surface area (Å²) in [6, 6.07) is 5.22. The van der Waals surface area contributed by atoms with E-state index in [9.17, 15) is 4.79 Å². The van der Waals surface area contributed by atoms with Crippen LogP contribution in [0, 0.1) is 6.92 Å². The number of carbonyl (C=O) groups excluding carboxylic acids is 1. The van der Waals surface area contributed by atoms with E-state index in [1.54, 1.807) is 6.07 Å². The second-order valence-electron chi connectivity index (χ2n) is 5.40. The largest absolute Gasteiger partial charge is 0.444 e. The third-order valence-electron chi connectivity index (χ3n) is 2.55. The third kappa shape index (κ3) is 4.73. The number of nitrogens with two attached hydrogens (primary N) is 1. The molecule has 0 spiro atoms. The molecule has 1 aromatic carbocycles. The molecule has 1 amide bonds. The minimum absolute atomic E-state index is 0.254. The minimum atomic E-state index is -0.543. The van der Waals surface area contributed by atoms with Crippen LogP contribution in [0.1, 0.15) is 37.9 Å². The molecule has 0 saturated carbocycles. The molecule has 0 bridgehead atoms. The quantitative estimate of drug-likeness (QED) is 0.896. The van der Waals surface area contributed by atoms with E-state index in [1.165, 1.54) is 0 Å². The highest BCUT2D eigenvalue weighted by Gasteiger charge is 2.22. The molecule has 0 heterocycles. The molecular weight excluding hydrogens is 264 g/mol. The van der Waals surface area contributed by atoms with Crippen molar-refractivity contribution in [3.05, 3.63) is 34.3 Å². The Morgan fingerprint density at radius 3 is 2.58 bits per heavy atom. The fraction of sp³-hybridized carbons (Fsp3) is 0.500. The lowest BCUT2D eigenvalue weighted by Crippen LogP contribution is -2.38. The molecule has 106 valence electrons. The number of amides is 1. The van der Waals surface area contributed by atoms with Crippen molar-refractivity contribution >= 4 is 17.7 Å². The van der Waals surface area contributed by atoms with Crippen molar-refractivity contribution in [2.75, 3.05) is 6.54 Å². The van der Waals surface area contributed by atoms with Crippen molar-refractivity contribution in [2.45, 2.75) is 39.3 Å². The van der Waals surface area contributed by atoms with Crippen LogP contribution in [0.2, 0.25) is 5.02 Å². The van der Waals surface area contributed by atoms with E-state index in [0.29, 0.717) is 5.02 Å². The number of ether oxygens (including phenoxy) is 1. The molecule has 0 aliphatic carbocycles. The topological polar surface area (TPSA) is 64.3 Å². The summed E-state index contributed by atoms with van der Waals surface area (Å²) in [5.41, 5.74) is 7.00. The summed E-state index contributed by atoms with van der Waals surface area (Å²) in [6.07, 6.45) is -0.498. The number of alkyl carbamates (subject to hydrolysis) is 1. The van der Waals surface area contributed by atoms with Crippen molar-refractivity contribution in [2.24, 2.45) is 5.73 Å². The summed E-state index contributed by atoms with van der Waals surface area (Å²) in [7, 11) is 0. The summed E-state index contributed by atoms with van der Waals surface area (Å²) in [4.78, 5) is 11.8. The van der Waals surface area contributed by atoms with Gasteiger partial charge >= 0.3 is 6.09 Å². The highest BCUT2D eigenvalue weighted by atomic mass is 35.5. The van der Waals surface area contributed by atoms with E-state index in [4.69, 9.17) is 22.1 Å². The molecule has 3 N–H and O–H groups in total. The Bertz CT molecular complexity index is 435. The van der Waals surface area contributed by atoms with E-state index in [2.05, 4.69) is 5.32 Å². The van der Waals surface area contributed by atoms with Gasteiger partial charge in [0.2, 0.25) is 0 Å². The second-order valence-corrected chi connectivity index (χ2v) is 5.81. The van der Waals surface area contributed by atoms with E-state index < -0.39 is 11.7 Å².